The van der Waals surface area contributed by atoms with Gasteiger partial charge in [-0.25, -0.2) is 4.79 Å². The van der Waals surface area contributed by atoms with Crippen molar-refractivity contribution < 1.29 is 24.2 Å². The van der Waals surface area contributed by atoms with E-state index in [0.717, 1.165) is 16.7 Å². The summed E-state index contributed by atoms with van der Waals surface area (Å²) in [6.07, 6.45) is 1.47. The van der Waals surface area contributed by atoms with E-state index in [1.54, 1.807) is 6.07 Å². The van der Waals surface area contributed by atoms with Crippen LogP contribution in [0.2, 0.25) is 5.02 Å². The average molecular weight is 342 g/mol. The number of halogens is 1. The Labute approximate surface area is 135 Å². The summed E-state index contributed by atoms with van der Waals surface area (Å²) in [4.78, 5) is 36.7. The molecule has 6 nitrogen and oxygen atoms in total. The highest BCUT2D eigenvalue weighted by atomic mass is 35.5. The van der Waals surface area contributed by atoms with Gasteiger partial charge < -0.3 is 9.84 Å². The number of methoxy groups -OCH3 is 1. The number of ether oxygens (including phenoxy) is 1. The molecule has 22 heavy (non-hydrogen) atoms. The van der Waals surface area contributed by atoms with Crippen LogP contribution >= 0.6 is 23.4 Å². The number of benzene rings is 1. The number of carbonyl (C=O) groups is 3. The fourth-order valence-corrected chi connectivity index (χ4v) is 2.95. The Bertz CT molecular complexity index is 688. The van der Waals surface area contributed by atoms with E-state index in [4.69, 9.17) is 11.6 Å². The lowest BCUT2D eigenvalue weighted by Crippen LogP contribution is -2.42. The molecule has 0 unspecified atom stereocenters. The first kappa shape index (κ1) is 16.4. The normalized spacial score (nSPS) is 18.0. The van der Waals surface area contributed by atoms with Crippen molar-refractivity contribution >= 4 is 46.6 Å². The summed E-state index contributed by atoms with van der Waals surface area (Å²) in [6.45, 7) is 1.42. The number of nitrogens with zero attached hydrogens (tertiary/aromatic N) is 1. The van der Waals surface area contributed by atoms with Gasteiger partial charge in [0.1, 0.15) is 11.8 Å². The fourth-order valence-electron chi connectivity index (χ4n) is 1.85. The van der Waals surface area contributed by atoms with E-state index in [-0.39, 0.29) is 15.7 Å². The molecule has 1 aromatic rings. The summed E-state index contributed by atoms with van der Waals surface area (Å²) in [6, 6.07) is 3.41. The number of esters is 1. The maximum Gasteiger partial charge on any atom is 0.328 e. The molecule has 2 rings (SSSR count). The van der Waals surface area contributed by atoms with E-state index in [2.05, 4.69) is 4.74 Å². The van der Waals surface area contributed by atoms with Crippen molar-refractivity contribution in [1.29, 1.82) is 0 Å². The van der Waals surface area contributed by atoms with Crippen LogP contribution in [-0.2, 0) is 14.3 Å². The van der Waals surface area contributed by atoms with Crippen LogP contribution < -0.4 is 0 Å². The zero-order valence-electron chi connectivity index (χ0n) is 11.7. The third-order valence-corrected chi connectivity index (χ3v) is 4.21. The van der Waals surface area contributed by atoms with E-state index in [1.807, 2.05) is 0 Å². The molecule has 0 saturated carbocycles. The summed E-state index contributed by atoms with van der Waals surface area (Å²) < 4.78 is 4.54. The van der Waals surface area contributed by atoms with E-state index >= 15 is 0 Å². The van der Waals surface area contributed by atoms with Gasteiger partial charge in [-0.15, -0.1) is 0 Å². The minimum atomic E-state index is -0.994. The van der Waals surface area contributed by atoms with Crippen LogP contribution in [0.5, 0.6) is 5.75 Å². The molecule has 0 bridgehead atoms. The number of rotatable bonds is 3. The van der Waals surface area contributed by atoms with Gasteiger partial charge in [-0.3, -0.25) is 14.5 Å². The van der Waals surface area contributed by atoms with Crippen molar-refractivity contribution in [3.05, 3.63) is 33.7 Å². The average Bonchev–Trinajstić information content (AvgIpc) is 2.75. The van der Waals surface area contributed by atoms with Gasteiger partial charge >= 0.3 is 5.97 Å². The molecule has 2 amide bonds. The van der Waals surface area contributed by atoms with Gasteiger partial charge in [0, 0.05) is 0 Å². The third-order valence-electron chi connectivity index (χ3n) is 3.02. The van der Waals surface area contributed by atoms with Crippen LogP contribution in [0.4, 0.5) is 4.79 Å². The largest absolute Gasteiger partial charge is 0.506 e. The second kappa shape index (κ2) is 6.41. The van der Waals surface area contributed by atoms with Crippen molar-refractivity contribution in [1.82, 2.24) is 4.90 Å². The smallest absolute Gasteiger partial charge is 0.328 e. The summed E-state index contributed by atoms with van der Waals surface area (Å²) in [5.74, 6) is -1.32. The molecule has 8 heteroatoms. The molecule has 1 atom stereocenters. The van der Waals surface area contributed by atoms with Crippen molar-refractivity contribution in [2.75, 3.05) is 7.11 Å². The maximum atomic E-state index is 12.3. The molecule has 1 aliphatic rings. The van der Waals surface area contributed by atoms with E-state index in [0.29, 0.717) is 5.56 Å². The number of phenols is 1. The molecule has 1 aliphatic heterocycles. The predicted molar refractivity (Wildman–Crippen MR) is 82.4 cm³/mol. The number of imide groups is 1. The molecule has 1 N–H and O–H groups in total. The van der Waals surface area contributed by atoms with Crippen molar-refractivity contribution in [2.24, 2.45) is 0 Å². The number of carbonyl (C=O) groups excluding carboxylic acids is 3. The zero-order chi connectivity index (χ0) is 16.4. The topological polar surface area (TPSA) is 83.9 Å². The lowest BCUT2D eigenvalue weighted by atomic mass is 10.2. The molecular weight excluding hydrogens is 330 g/mol. The zero-order valence-corrected chi connectivity index (χ0v) is 13.3. The Morgan fingerprint density at radius 2 is 2.14 bits per heavy atom. The van der Waals surface area contributed by atoms with E-state index < -0.39 is 23.2 Å². The van der Waals surface area contributed by atoms with E-state index in [1.165, 1.54) is 32.2 Å². The van der Waals surface area contributed by atoms with Crippen molar-refractivity contribution in [2.45, 2.75) is 13.0 Å². The summed E-state index contributed by atoms with van der Waals surface area (Å²) >= 11 is 6.52. The standard InChI is InChI=1S/C14H12ClNO5S/c1-7(13(19)21-2)16-12(18)11(22-14(16)20)6-8-3-4-10(17)9(15)5-8/h3-7,17H,1-2H3/b11-6+/t7-/m0/s1. The number of aromatic hydroxyl groups is 1. The highest BCUT2D eigenvalue weighted by Gasteiger charge is 2.41. The van der Waals surface area contributed by atoms with E-state index in [9.17, 15) is 19.5 Å². The molecule has 0 aliphatic carbocycles. The van der Waals surface area contributed by atoms with Gasteiger partial charge in [-0.05, 0) is 42.5 Å². The molecule has 0 aromatic heterocycles. The maximum absolute atomic E-state index is 12.3. The molecule has 0 spiro atoms. The Morgan fingerprint density at radius 1 is 1.45 bits per heavy atom. The fraction of sp³-hybridized carbons (Fsp3) is 0.214. The summed E-state index contributed by atoms with van der Waals surface area (Å²) in [7, 11) is 1.19. The number of phenolic OH excluding ortho intramolecular Hbond substituents is 1. The molecule has 1 fully saturated rings. The number of hydrogen-bond acceptors (Lipinski definition) is 6. The van der Waals surface area contributed by atoms with Crippen LogP contribution in [0.15, 0.2) is 23.1 Å². The lowest BCUT2D eigenvalue weighted by molar-refractivity contribution is -0.148. The first-order valence-corrected chi connectivity index (χ1v) is 7.38. The minimum absolute atomic E-state index is 0.0776. The number of hydrogen-bond donors (Lipinski definition) is 1. The minimum Gasteiger partial charge on any atom is -0.506 e. The van der Waals surface area contributed by atoms with Gasteiger partial charge in [-0.1, -0.05) is 17.7 Å². The van der Waals surface area contributed by atoms with Gasteiger partial charge in [-0.2, -0.15) is 0 Å². The summed E-state index contributed by atoms with van der Waals surface area (Å²) in [5, 5.41) is 8.96. The van der Waals surface area contributed by atoms with Gasteiger partial charge in [0.05, 0.1) is 17.0 Å². The van der Waals surface area contributed by atoms with Crippen LogP contribution in [-0.4, -0.2) is 40.3 Å². The molecule has 0 radical (unpaired) electrons. The van der Waals surface area contributed by atoms with Crippen molar-refractivity contribution in [3.63, 3.8) is 0 Å². The van der Waals surface area contributed by atoms with Crippen molar-refractivity contribution in [3.8, 4) is 5.75 Å². The Hall–Kier alpha value is -1.99. The molecule has 1 heterocycles. The first-order chi connectivity index (χ1) is 10.3. The Kier molecular flexibility index (Phi) is 4.77. The van der Waals surface area contributed by atoms with Gasteiger partial charge in [0.15, 0.2) is 0 Å². The first-order valence-electron chi connectivity index (χ1n) is 6.18. The van der Waals surface area contributed by atoms with Crippen LogP contribution in [0.3, 0.4) is 0 Å². The monoisotopic (exact) mass is 341 g/mol. The number of amides is 2. The second-order valence-electron chi connectivity index (χ2n) is 4.46. The van der Waals surface area contributed by atoms with Gasteiger partial charge in [0.2, 0.25) is 0 Å². The highest BCUT2D eigenvalue weighted by Crippen LogP contribution is 2.34. The van der Waals surface area contributed by atoms with Gasteiger partial charge in [0.25, 0.3) is 11.1 Å². The lowest BCUT2D eigenvalue weighted by Gasteiger charge is -2.18. The SMILES string of the molecule is COC(=O)[C@H](C)N1C(=O)S/C(=C/c2ccc(O)c(Cl)c2)C1=O. The molecule has 1 aromatic carbocycles. The Balaban J connectivity index is 2.29. The van der Waals surface area contributed by atoms with Crippen LogP contribution in [0, 0.1) is 0 Å². The third kappa shape index (κ3) is 3.10. The number of thioether (sulfide) groups is 1. The Morgan fingerprint density at radius 3 is 2.73 bits per heavy atom. The second-order valence-corrected chi connectivity index (χ2v) is 5.86. The molecular formula is C14H12ClNO5S. The van der Waals surface area contributed by atoms with Crippen LogP contribution in [0.25, 0.3) is 6.08 Å². The quantitative estimate of drug-likeness (QED) is 0.672. The van der Waals surface area contributed by atoms with Crippen LogP contribution in [0.1, 0.15) is 12.5 Å². The summed E-state index contributed by atoms with van der Waals surface area (Å²) in [5.41, 5.74) is 0.555. The predicted octanol–water partition coefficient (Wildman–Crippen LogP) is 2.64. The molecule has 1 saturated heterocycles. The highest BCUT2D eigenvalue weighted by molar-refractivity contribution is 8.18. The molecule has 116 valence electrons.